The maximum absolute atomic E-state index is 13.1. The molecule has 1 atom stereocenters. The van der Waals surface area contributed by atoms with Crippen LogP contribution in [0.5, 0.6) is 23.3 Å². The van der Waals surface area contributed by atoms with Gasteiger partial charge in [-0.2, -0.15) is 18.2 Å². The number of carbonyl (C=O) groups excluding carboxylic acids is 1. The lowest BCUT2D eigenvalue weighted by atomic mass is 10.1. The van der Waals surface area contributed by atoms with Gasteiger partial charge in [0.1, 0.15) is 6.10 Å². The molecule has 1 aromatic carbocycles. The topological polar surface area (TPSA) is 83.0 Å². The summed E-state index contributed by atoms with van der Waals surface area (Å²) in [6, 6.07) is 3.57. The number of benzene rings is 1. The van der Waals surface area contributed by atoms with Gasteiger partial charge >= 0.3 is 12.2 Å². The zero-order chi connectivity index (χ0) is 22.6. The zero-order valence-corrected chi connectivity index (χ0v) is 17.2. The summed E-state index contributed by atoms with van der Waals surface area (Å²) in [5.74, 6) is 0.614. The second kappa shape index (κ2) is 9.27. The summed E-state index contributed by atoms with van der Waals surface area (Å²) >= 11 is 0. The molecule has 2 aromatic rings. The van der Waals surface area contributed by atoms with Crippen LogP contribution < -0.4 is 18.9 Å². The molecule has 2 heterocycles. The molecule has 1 aliphatic heterocycles. The fraction of sp³-hybridized carbons (Fsp3) is 0.450. The van der Waals surface area contributed by atoms with Crippen molar-refractivity contribution < 1.29 is 36.9 Å². The lowest BCUT2D eigenvalue weighted by Crippen LogP contribution is -2.44. The summed E-state index contributed by atoms with van der Waals surface area (Å²) in [5, 5.41) is 0. The van der Waals surface area contributed by atoms with Gasteiger partial charge in [0.15, 0.2) is 17.2 Å². The van der Waals surface area contributed by atoms with Crippen molar-refractivity contribution in [3.05, 3.63) is 35.7 Å². The first-order valence-electron chi connectivity index (χ1n) is 9.43. The lowest BCUT2D eigenvalue weighted by molar-refractivity contribution is -0.141. The van der Waals surface area contributed by atoms with Crippen molar-refractivity contribution in [2.45, 2.75) is 25.1 Å². The molecule has 168 valence electrons. The molecular weight excluding hydrogens is 419 g/mol. The maximum Gasteiger partial charge on any atom is 0.433 e. The van der Waals surface area contributed by atoms with E-state index < -0.39 is 18.0 Å². The van der Waals surface area contributed by atoms with E-state index in [1.807, 2.05) is 0 Å². The van der Waals surface area contributed by atoms with E-state index in [0.717, 1.165) is 12.3 Å². The van der Waals surface area contributed by atoms with Gasteiger partial charge < -0.3 is 23.8 Å². The molecule has 0 spiro atoms. The van der Waals surface area contributed by atoms with Gasteiger partial charge in [-0.15, -0.1) is 0 Å². The van der Waals surface area contributed by atoms with Gasteiger partial charge in [0.25, 0.3) is 5.91 Å². The Balaban J connectivity index is 1.77. The highest BCUT2D eigenvalue weighted by molar-refractivity contribution is 5.98. The molecule has 0 radical (unpaired) electrons. The molecule has 3 rings (SSSR count). The van der Waals surface area contributed by atoms with Crippen LogP contribution in [0.4, 0.5) is 13.2 Å². The number of methoxy groups -OCH3 is 3. The van der Waals surface area contributed by atoms with Crippen molar-refractivity contribution in [3.63, 3.8) is 0 Å². The third kappa shape index (κ3) is 4.92. The number of piperidine rings is 1. The molecule has 0 aliphatic carbocycles. The minimum Gasteiger partial charge on any atom is -0.493 e. The van der Waals surface area contributed by atoms with Crippen LogP contribution in [-0.4, -0.2) is 61.3 Å². The fourth-order valence-corrected chi connectivity index (χ4v) is 3.36. The van der Waals surface area contributed by atoms with Gasteiger partial charge in [0.2, 0.25) is 5.75 Å². The highest BCUT2D eigenvalue weighted by Gasteiger charge is 2.34. The van der Waals surface area contributed by atoms with Crippen molar-refractivity contribution in [3.8, 4) is 23.3 Å². The number of carbonyl (C=O) groups is 1. The maximum atomic E-state index is 13.1. The quantitative estimate of drug-likeness (QED) is 0.681. The van der Waals surface area contributed by atoms with E-state index in [4.69, 9.17) is 18.9 Å². The molecule has 1 aromatic heterocycles. The van der Waals surface area contributed by atoms with Crippen LogP contribution in [0.15, 0.2) is 24.4 Å². The Morgan fingerprint density at radius 3 is 2.48 bits per heavy atom. The van der Waals surface area contributed by atoms with Gasteiger partial charge in [0.05, 0.1) is 33.4 Å². The Hall–Kier alpha value is -3.24. The number of halogens is 3. The summed E-state index contributed by atoms with van der Waals surface area (Å²) in [6.07, 6.45) is -3.00. The van der Waals surface area contributed by atoms with E-state index in [9.17, 15) is 18.0 Å². The van der Waals surface area contributed by atoms with Gasteiger partial charge in [0, 0.05) is 12.7 Å². The van der Waals surface area contributed by atoms with Gasteiger partial charge in [-0.3, -0.25) is 4.79 Å². The van der Waals surface area contributed by atoms with Crippen molar-refractivity contribution >= 4 is 5.91 Å². The largest absolute Gasteiger partial charge is 0.493 e. The van der Waals surface area contributed by atoms with Crippen molar-refractivity contribution in [2.24, 2.45) is 0 Å². The number of alkyl halides is 3. The first kappa shape index (κ1) is 22.4. The number of aromatic nitrogens is 2. The average Bonchev–Trinajstić information content (AvgIpc) is 2.77. The Morgan fingerprint density at radius 1 is 1.10 bits per heavy atom. The van der Waals surface area contributed by atoms with Crippen LogP contribution in [0.3, 0.4) is 0 Å². The van der Waals surface area contributed by atoms with Gasteiger partial charge in [-0.25, -0.2) is 4.98 Å². The van der Waals surface area contributed by atoms with E-state index >= 15 is 0 Å². The van der Waals surface area contributed by atoms with Crippen molar-refractivity contribution in [1.29, 1.82) is 0 Å². The van der Waals surface area contributed by atoms with Gasteiger partial charge in [-0.1, -0.05) is 0 Å². The first-order valence-corrected chi connectivity index (χ1v) is 9.43. The molecule has 1 unspecified atom stereocenters. The molecule has 0 bridgehead atoms. The molecule has 1 aliphatic rings. The summed E-state index contributed by atoms with van der Waals surface area (Å²) in [6.45, 7) is 0.621. The van der Waals surface area contributed by atoms with Gasteiger partial charge in [-0.05, 0) is 31.0 Å². The van der Waals surface area contributed by atoms with Crippen molar-refractivity contribution in [1.82, 2.24) is 14.9 Å². The number of likely N-dealkylation sites (tertiary alicyclic amines) is 1. The third-order valence-corrected chi connectivity index (χ3v) is 4.80. The minimum absolute atomic E-state index is 0.163. The monoisotopic (exact) mass is 441 g/mol. The number of hydrogen-bond acceptors (Lipinski definition) is 7. The smallest absolute Gasteiger partial charge is 0.433 e. The molecular formula is C20H22F3N3O5. The van der Waals surface area contributed by atoms with Crippen LogP contribution in [-0.2, 0) is 6.18 Å². The third-order valence-electron chi connectivity index (χ3n) is 4.80. The van der Waals surface area contributed by atoms with E-state index in [-0.39, 0.29) is 35.5 Å². The summed E-state index contributed by atoms with van der Waals surface area (Å²) in [7, 11) is 4.33. The predicted octanol–water partition coefficient (Wildman–Crippen LogP) is 3.20. The number of nitrogens with zero attached hydrogens (tertiary/aromatic N) is 3. The standard InChI is InChI=1S/C20H22F3N3O5/c1-28-14-7-6-13(16(29-2)17(14)30-3)18(27)26-10-4-5-12(11-26)31-19-24-9-8-15(25-19)20(21,22)23/h6-9,12H,4-5,10-11H2,1-3H3. The highest BCUT2D eigenvalue weighted by atomic mass is 19.4. The molecule has 1 amide bonds. The predicted molar refractivity (Wildman–Crippen MR) is 103 cm³/mol. The second-order valence-corrected chi connectivity index (χ2v) is 6.74. The zero-order valence-electron chi connectivity index (χ0n) is 17.2. The second-order valence-electron chi connectivity index (χ2n) is 6.74. The van der Waals surface area contributed by atoms with Crippen LogP contribution >= 0.6 is 0 Å². The first-order chi connectivity index (χ1) is 14.8. The fourth-order valence-electron chi connectivity index (χ4n) is 3.36. The minimum atomic E-state index is -4.60. The molecule has 0 N–H and O–H groups in total. The summed E-state index contributed by atoms with van der Waals surface area (Å²) in [4.78, 5) is 21.9. The Kier molecular flexibility index (Phi) is 6.71. The highest BCUT2D eigenvalue weighted by Crippen LogP contribution is 2.40. The van der Waals surface area contributed by atoms with Crippen LogP contribution in [0.1, 0.15) is 28.9 Å². The van der Waals surface area contributed by atoms with Crippen molar-refractivity contribution in [2.75, 3.05) is 34.4 Å². The molecule has 31 heavy (non-hydrogen) atoms. The normalized spacial score (nSPS) is 16.6. The number of rotatable bonds is 6. The Morgan fingerprint density at radius 2 is 1.84 bits per heavy atom. The van der Waals surface area contributed by atoms with Crippen LogP contribution in [0.2, 0.25) is 0 Å². The molecule has 1 saturated heterocycles. The van der Waals surface area contributed by atoms with Crippen LogP contribution in [0.25, 0.3) is 0 Å². The summed E-state index contributed by atoms with van der Waals surface area (Å²) in [5.41, 5.74) is -0.813. The molecule has 1 fully saturated rings. The number of ether oxygens (including phenoxy) is 4. The molecule has 0 saturated carbocycles. The van der Waals surface area contributed by atoms with Crippen LogP contribution in [0, 0.1) is 0 Å². The SMILES string of the molecule is COc1ccc(C(=O)N2CCCC(Oc3nccc(C(F)(F)F)n3)C2)c(OC)c1OC. The van der Waals surface area contributed by atoms with E-state index in [2.05, 4.69) is 9.97 Å². The lowest BCUT2D eigenvalue weighted by Gasteiger charge is -2.32. The van der Waals surface area contributed by atoms with E-state index in [0.29, 0.717) is 25.1 Å². The van der Waals surface area contributed by atoms with E-state index in [1.54, 1.807) is 17.0 Å². The molecule has 8 nitrogen and oxygen atoms in total. The number of amides is 1. The Bertz CT molecular complexity index is 939. The number of hydrogen-bond donors (Lipinski definition) is 0. The summed E-state index contributed by atoms with van der Waals surface area (Å²) < 4.78 is 60.1. The molecule has 11 heteroatoms. The average molecular weight is 441 g/mol. The Labute approximate surface area is 176 Å². The van der Waals surface area contributed by atoms with E-state index in [1.165, 1.54) is 21.3 Å².